The standard InChI is InChI=1S/C19H24N4O2/c1-19(17(25)21-18-20-11-8-16(24)22(18)2)9-12-23(13-10-19)14-15-6-4-3-5-7-15/h3-8,11H,9-10,12-14H2,1-2H3,(H,20,21,25). The van der Waals surface area contributed by atoms with Gasteiger partial charge in [0.1, 0.15) is 0 Å². The Bertz CT molecular complexity index is 793. The van der Waals surface area contributed by atoms with Gasteiger partial charge in [0.05, 0.1) is 0 Å². The third kappa shape index (κ3) is 3.96. The maximum absolute atomic E-state index is 12.7. The van der Waals surface area contributed by atoms with E-state index >= 15 is 0 Å². The molecular weight excluding hydrogens is 316 g/mol. The number of anilines is 1. The van der Waals surface area contributed by atoms with Crippen molar-refractivity contribution >= 4 is 11.9 Å². The summed E-state index contributed by atoms with van der Waals surface area (Å²) in [5.41, 5.74) is 0.660. The molecule has 1 aliphatic heterocycles. The fourth-order valence-corrected chi connectivity index (χ4v) is 3.12. The molecule has 0 bridgehead atoms. The Morgan fingerprint density at radius 3 is 2.56 bits per heavy atom. The lowest BCUT2D eigenvalue weighted by atomic mass is 9.79. The fraction of sp³-hybridized carbons (Fsp3) is 0.421. The molecule has 2 heterocycles. The van der Waals surface area contributed by atoms with E-state index in [-0.39, 0.29) is 11.5 Å². The molecule has 0 spiro atoms. The number of hydrogen-bond acceptors (Lipinski definition) is 4. The number of hydrogen-bond donors (Lipinski definition) is 1. The molecule has 3 rings (SSSR count). The molecule has 0 atom stereocenters. The van der Waals surface area contributed by atoms with Gasteiger partial charge >= 0.3 is 0 Å². The van der Waals surface area contributed by atoms with Gasteiger partial charge < -0.3 is 0 Å². The second-order valence-electron chi connectivity index (χ2n) is 6.94. The third-order valence-electron chi connectivity index (χ3n) is 5.04. The summed E-state index contributed by atoms with van der Waals surface area (Å²) in [6, 6.07) is 11.7. The summed E-state index contributed by atoms with van der Waals surface area (Å²) in [7, 11) is 1.61. The van der Waals surface area contributed by atoms with Gasteiger partial charge in [-0.1, -0.05) is 37.3 Å². The third-order valence-corrected chi connectivity index (χ3v) is 5.04. The van der Waals surface area contributed by atoms with E-state index in [1.807, 2.05) is 25.1 Å². The highest BCUT2D eigenvalue weighted by molar-refractivity contribution is 5.93. The largest absolute Gasteiger partial charge is 0.299 e. The number of rotatable bonds is 4. The molecule has 25 heavy (non-hydrogen) atoms. The van der Waals surface area contributed by atoms with Gasteiger partial charge in [0.15, 0.2) is 0 Å². The van der Waals surface area contributed by atoms with Crippen LogP contribution < -0.4 is 10.9 Å². The quantitative estimate of drug-likeness (QED) is 0.925. The summed E-state index contributed by atoms with van der Waals surface area (Å²) in [6.07, 6.45) is 2.99. The van der Waals surface area contributed by atoms with Crippen LogP contribution in [0.3, 0.4) is 0 Å². The van der Waals surface area contributed by atoms with Crippen molar-refractivity contribution in [3.05, 3.63) is 58.5 Å². The number of aromatic nitrogens is 2. The Labute approximate surface area is 147 Å². The van der Waals surface area contributed by atoms with Crippen molar-refractivity contribution in [2.75, 3.05) is 18.4 Å². The van der Waals surface area contributed by atoms with Crippen molar-refractivity contribution in [3.63, 3.8) is 0 Å². The Morgan fingerprint density at radius 2 is 1.88 bits per heavy atom. The zero-order valence-electron chi connectivity index (χ0n) is 14.7. The molecule has 1 N–H and O–H groups in total. The van der Waals surface area contributed by atoms with Crippen LogP contribution in [0.5, 0.6) is 0 Å². The monoisotopic (exact) mass is 340 g/mol. The molecule has 0 unspecified atom stereocenters. The number of nitrogens with one attached hydrogen (secondary N) is 1. The molecule has 1 aliphatic rings. The molecule has 1 amide bonds. The highest BCUT2D eigenvalue weighted by Crippen LogP contribution is 2.32. The normalized spacial score (nSPS) is 17.2. The number of piperidine rings is 1. The van der Waals surface area contributed by atoms with Gasteiger partial charge in [-0.25, -0.2) is 4.98 Å². The minimum Gasteiger partial charge on any atom is -0.299 e. The van der Waals surface area contributed by atoms with Gasteiger partial charge in [0.2, 0.25) is 11.9 Å². The summed E-state index contributed by atoms with van der Waals surface area (Å²) in [6.45, 7) is 4.65. The highest BCUT2D eigenvalue weighted by atomic mass is 16.2. The van der Waals surface area contributed by atoms with Crippen molar-refractivity contribution in [3.8, 4) is 0 Å². The molecule has 6 nitrogen and oxygen atoms in total. The SMILES string of the molecule is Cn1c(NC(=O)C2(C)CCN(Cc3ccccc3)CC2)nccc1=O. The molecule has 0 radical (unpaired) electrons. The maximum atomic E-state index is 12.7. The number of carbonyl (C=O) groups excluding carboxylic acids is 1. The molecular formula is C19H24N4O2. The lowest BCUT2D eigenvalue weighted by Crippen LogP contribution is -2.45. The number of benzene rings is 1. The van der Waals surface area contributed by atoms with Crippen molar-refractivity contribution in [1.29, 1.82) is 0 Å². The number of amides is 1. The minimum atomic E-state index is -0.444. The van der Waals surface area contributed by atoms with Crippen LogP contribution in [0.2, 0.25) is 0 Å². The summed E-state index contributed by atoms with van der Waals surface area (Å²) >= 11 is 0. The van der Waals surface area contributed by atoms with E-state index in [1.54, 1.807) is 7.05 Å². The van der Waals surface area contributed by atoms with Crippen LogP contribution in [-0.2, 0) is 18.4 Å². The van der Waals surface area contributed by atoms with Crippen LogP contribution >= 0.6 is 0 Å². The summed E-state index contributed by atoms with van der Waals surface area (Å²) in [5, 5.41) is 2.82. The van der Waals surface area contributed by atoms with Gasteiger partial charge in [0.25, 0.3) is 5.56 Å². The first-order valence-corrected chi connectivity index (χ1v) is 8.58. The topological polar surface area (TPSA) is 67.2 Å². The van der Waals surface area contributed by atoms with Crippen molar-refractivity contribution in [1.82, 2.24) is 14.5 Å². The average Bonchev–Trinajstić information content (AvgIpc) is 2.62. The van der Waals surface area contributed by atoms with E-state index in [0.29, 0.717) is 5.95 Å². The summed E-state index contributed by atoms with van der Waals surface area (Å²) < 4.78 is 1.35. The van der Waals surface area contributed by atoms with E-state index in [2.05, 4.69) is 27.3 Å². The second-order valence-corrected chi connectivity index (χ2v) is 6.94. The highest BCUT2D eigenvalue weighted by Gasteiger charge is 2.37. The maximum Gasteiger partial charge on any atom is 0.254 e. The van der Waals surface area contributed by atoms with E-state index in [4.69, 9.17) is 0 Å². The van der Waals surface area contributed by atoms with Crippen LogP contribution in [0.25, 0.3) is 0 Å². The van der Waals surface area contributed by atoms with Crippen LogP contribution in [0.15, 0.2) is 47.4 Å². The van der Waals surface area contributed by atoms with Gasteiger partial charge in [-0.15, -0.1) is 0 Å². The first-order chi connectivity index (χ1) is 12.0. The average molecular weight is 340 g/mol. The van der Waals surface area contributed by atoms with Gasteiger partial charge in [-0.2, -0.15) is 0 Å². The van der Waals surface area contributed by atoms with Gasteiger partial charge in [-0.05, 0) is 31.5 Å². The summed E-state index contributed by atoms with van der Waals surface area (Å²) in [4.78, 5) is 30.9. The van der Waals surface area contributed by atoms with E-state index in [1.165, 1.54) is 22.4 Å². The lowest BCUT2D eigenvalue weighted by Gasteiger charge is -2.38. The van der Waals surface area contributed by atoms with Crippen molar-refractivity contribution < 1.29 is 4.79 Å². The molecule has 1 fully saturated rings. The lowest BCUT2D eigenvalue weighted by molar-refractivity contribution is -0.127. The van der Waals surface area contributed by atoms with Crippen molar-refractivity contribution in [2.24, 2.45) is 12.5 Å². The smallest absolute Gasteiger partial charge is 0.254 e. The van der Waals surface area contributed by atoms with E-state index in [0.717, 1.165) is 32.5 Å². The Balaban J connectivity index is 1.61. The van der Waals surface area contributed by atoms with Crippen LogP contribution in [-0.4, -0.2) is 33.4 Å². The van der Waals surface area contributed by atoms with Crippen LogP contribution in [0.4, 0.5) is 5.95 Å². The minimum absolute atomic E-state index is 0.0689. The van der Waals surface area contributed by atoms with Crippen LogP contribution in [0, 0.1) is 5.41 Å². The second kappa shape index (κ2) is 7.19. The zero-order chi connectivity index (χ0) is 17.9. The molecule has 132 valence electrons. The number of nitrogens with zero attached hydrogens (tertiary/aromatic N) is 3. The molecule has 1 aromatic heterocycles. The Morgan fingerprint density at radius 1 is 1.20 bits per heavy atom. The van der Waals surface area contributed by atoms with Crippen molar-refractivity contribution in [2.45, 2.75) is 26.3 Å². The van der Waals surface area contributed by atoms with E-state index < -0.39 is 5.41 Å². The predicted octanol–water partition coefficient (Wildman–Crippen LogP) is 2.02. The number of likely N-dealkylation sites (tertiary alicyclic amines) is 1. The molecule has 0 saturated carbocycles. The first kappa shape index (κ1) is 17.4. The molecule has 0 aliphatic carbocycles. The Hall–Kier alpha value is -2.47. The number of carbonyl (C=O) groups is 1. The zero-order valence-corrected chi connectivity index (χ0v) is 14.7. The Kier molecular flexibility index (Phi) is 4.99. The predicted molar refractivity (Wildman–Crippen MR) is 97.2 cm³/mol. The molecule has 1 aromatic carbocycles. The van der Waals surface area contributed by atoms with E-state index in [9.17, 15) is 9.59 Å². The summed E-state index contributed by atoms with van der Waals surface area (Å²) in [5.74, 6) is 0.228. The molecule has 6 heteroatoms. The first-order valence-electron chi connectivity index (χ1n) is 8.58. The van der Waals surface area contributed by atoms with Crippen LogP contribution in [0.1, 0.15) is 25.3 Å². The van der Waals surface area contributed by atoms with Gasteiger partial charge in [0, 0.05) is 31.3 Å². The fourth-order valence-electron chi connectivity index (χ4n) is 3.12. The molecule has 1 saturated heterocycles. The molecule has 2 aromatic rings. The van der Waals surface area contributed by atoms with Gasteiger partial charge in [-0.3, -0.25) is 24.4 Å².